The molecule has 0 amide bonds. The fourth-order valence-electron chi connectivity index (χ4n) is 4.58. The summed E-state index contributed by atoms with van der Waals surface area (Å²) in [6, 6.07) is 8.06. The summed E-state index contributed by atoms with van der Waals surface area (Å²) in [7, 11) is 1.68. The maximum atomic E-state index is 11.6. The van der Waals surface area contributed by atoms with Crippen LogP contribution in [0.5, 0.6) is 5.75 Å². The number of carbonyl (C=O) groups excluding carboxylic acids is 1. The number of methoxy groups -OCH3 is 1. The SMILES string of the molecule is COc1ccc(CO[C@@H](C)CCC/C=C/[C@H]2CC[C@@H]3CC(=O)C[C@@H]3C2)cc1. The van der Waals surface area contributed by atoms with Gasteiger partial charge in [-0.2, -0.15) is 0 Å². The van der Waals surface area contributed by atoms with Crippen molar-refractivity contribution in [3.8, 4) is 5.75 Å². The fraction of sp³-hybridized carbons (Fsp3) is 0.625. The molecule has 0 aromatic heterocycles. The minimum atomic E-state index is 0.278. The first-order chi connectivity index (χ1) is 13.1. The molecule has 2 aliphatic carbocycles. The first-order valence-electron chi connectivity index (χ1n) is 10.6. The number of hydrogen-bond donors (Lipinski definition) is 0. The summed E-state index contributed by atoms with van der Waals surface area (Å²) in [6.45, 7) is 2.82. The van der Waals surface area contributed by atoms with Gasteiger partial charge in [0, 0.05) is 12.8 Å². The molecule has 3 heteroatoms. The molecule has 0 aliphatic heterocycles. The van der Waals surface area contributed by atoms with E-state index in [1.807, 2.05) is 12.1 Å². The zero-order valence-electron chi connectivity index (χ0n) is 16.9. The molecular formula is C24H34O3. The second-order valence-corrected chi connectivity index (χ2v) is 8.37. The average Bonchev–Trinajstić information content (AvgIpc) is 3.05. The molecule has 148 valence electrons. The molecule has 2 aliphatic rings. The number of allylic oxidation sites excluding steroid dienone is 2. The second kappa shape index (κ2) is 10.1. The minimum Gasteiger partial charge on any atom is -0.497 e. The molecule has 3 nitrogen and oxygen atoms in total. The van der Waals surface area contributed by atoms with Gasteiger partial charge < -0.3 is 9.47 Å². The Bertz CT molecular complexity index is 619. The Hall–Kier alpha value is -1.61. The van der Waals surface area contributed by atoms with Crippen LogP contribution < -0.4 is 4.74 Å². The number of Topliss-reactive ketones (excluding diaryl/α,β-unsaturated/α-hetero) is 1. The van der Waals surface area contributed by atoms with Crippen molar-refractivity contribution in [2.75, 3.05) is 7.11 Å². The number of fused-ring (bicyclic) bond motifs is 1. The standard InChI is InChI=1S/C24H34O3/c1-18(27-17-20-9-12-24(26-2)13-10-20)6-4-3-5-7-19-8-11-21-15-23(25)16-22(21)14-19/h5,7,9-10,12-13,18-19,21-22H,3-4,6,8,11,14-17H2,1-2H3/b7-5+/t18-,19-,21+,22-/m0/s1. The number of unbranched alkanes of at least 4 members (excludes halogenated alkanes) is 1. The van der Waals surface area contributed by atoms with E-state index in [2.05, 4.69) is 31.2 Å². The Morgan fingerprint density at radius 2 is 1.93 bits per heavy atom. The van der Waals surface area contributed by atoms with Gasteiger partial charge in [0.2, 0.25) is 0 Å². The molecule has 0 heterocycles. The maximum absolute atomic E-state index is 11.6. The maximum Gasteiger partial charge on any atom is 0.133 e. The van der Waals surface area contributed by atoms with Gasteiger partial charge in [0.05, 0.1) is 19.8 Å². The Kier molecular flexibility index (Phi) is 7.51. The molecule has 2 saturated carbocycles. The van der Waals surface area contributed by atoms with E-state index in [0.29, 0.717) is 30.1 Å². The molecule has 3 rings (SSSR count). The highest BCUT2D eigenvalue weighted by atomic mass is 16.5. The first kappa shape index (κ1) is 20.1. The lowest BCUT2D eigenvalue weighted by molar-refractivity contribution is -0.117. The highest BCUT2D eigenvalue weighted by Gasteiger charge is 2.36. The van der Waals surface area contributed by atoms with E-state index in [1.54, 1.807) is 7.11 Å². The van der Waals surface area contributed by atoms with Gasteiger partial charge >= 0.3 is 0 Å². The van der Waals surface area contributed by atoms with Gasteiger partial charge in [-0.1, -0.05) is 24.3 Å². The number of rotatable bonds is 9. The van der Waals surface area contributed by atoms with Gasteiger partial charge in [0.15, 0.2) is 0 Å². The van der Waals surface area contributed by atoms with E-state index < -0.39 is 0 Å². The van der Waals surface area contributed by atoms with E-state index in [1.165, 1.54) is 24.8 Å². The van der Waals surface area contributed by atoms with Gasteiger partial charge in [-0.15, -0.1) is 0 Å². The van der Waals surface area contributed by atoms with Crippen molar-refractivity contribution in [3.63, 3.8) is 0 Å². The highest BCUT2D eigenvalue weighted by molar-refractivity contribution is 5.81. The molecule has 1 aromatic carbocycles. The Balaban J connectivity index is 1.28. The van der Waals surface area contributed by atoms with Crippen molar-refractivity contribution in [2.45, 2.75) is 71.0 Å². The predicted octanol–water partition coefficient (Wildman–Crippen LogP) is 5.72. The van der Waals surface area contributed by atoms with Crippen LogP contribution in [0.15, 0.2) is 36.4 Å². The third-order valence-corrected chi connectivity index (χ3v) is 6.24. The Morgan fingerprint density at radius 1 is 1.15 bits per heavy atom. The van der Waals surface area contributed by atoms with E-state index >= 15 is 0 Å². The summed E-state index contributed by atoms with van der Waals surface area (Å²) in [5.41, 5.74) is 1.18. The van der Waals surface area contributed by atoms with Gasteiger partial charge in [-0.3, -0.25) is 4.79 Å². The topological polar surface area (TPSA) is 35.5 Å². The van der Waals surface area contributed by atoms with Crippen molar-refractivity contribution in [1.82, 2.24) is 0 Å². The molecule has 27 heavy (non-hydrogen) atoms. The normalized spacial score (nSPS) is 26.3. The zero-order valence-corrected chi connectivity index (χ0v) is 16.9. The summed E-state index contributed by atoms with van der Waals surface area (Å²) in [5.74, 6) is 3.45. The van der Waals surface area contributed by atoms with Crippen molar-refractivity contribution < 1.29 is 14.3 Å². The number of hydrogen-bond acceptors (Lipinski definition) is 3. The van der Waals surface area contributed by atoms with Crippen LogP contribution in [-0.4, -0.2) is 19.0 Å². The van der Waals surface area contributed by atoms with Gasteiger partial charge in [0.25, 0.3) is 0 Å². The van der Waals surface area contributed by atoms with Crippen LogP contribution in [0.25, 0.3) is 0 Å². The molecule has 0 N–H and O–H groups in total. The van der Waals surface area contributed by atoms with E-state index in [-0.39, 0.29) is 6.10 Å². The summed E-state index contributed by atoms with van der Waals surface area (Å²) in [6.07, 6.45) is 13.9. The van der Waals surface area contributed by atoms with Crippen molar-refractivity contribution in [3.05, 3.63) is 42.0 Å². The van der Waals surface area contributed by atoms with Crippen LogP contribution in [0.1, 0.15) is 63.9 Å². The second-order valence-electron chi connectivity index (χ2n) is 8.37. The largest absolute Gasteiger partial charge is 0.497 e. The lowest BCUT2D eigenvalue weighted by Gasteiger charge is -2.29. The van der Waals surface area contributed by atoms with E-state index in [4.69, 9.17) is 9.47 Å². The Labute approximate surface area is 164 Å². The molecular weight excluding hydrogens is 336 g/mol. The van der Waals surface area contributed by atoms with Gasteiger partial charge in [0.1, 0.15) is 11.5 Å². The highest BCUT2D eigenvalue weighted by Crippen LogP contribution is 2.43. The molecule has 0 radical (unpaired) electrons. The number of carbonyl (C=O) groups is 1. The summed E-state index contributed by atoms with van der Waals surface area (Å²) < 4.78 is 11.1. The molecule has 0 unspecified atom stereocenters. The van der Waals surface area contributed by atoms with Gasteiger partial charge in [-0.05, 0) is 80.9 Å². The number of ketones is 1. The van der Waals surface area contributed by atoms with Crippen LogP contribution in [0.2, 0.25) is 0 Å². The predicted molar refractivity (Wildman–Crippen MR) is 109 cm³/mol. The molecule has 1 aromatic rings. The van der Waals surface area contributed by atoms with Crippen LogP contribution in [0.4, 0.5) is 0 Å². The summed E-state index contributed by atoms with van der Waals surface area (Å²) in [4.78, 5) is 11.6. The Morgan fingerprint density at radius 3 is 2.70 bits per heavy atom. The molecule has 2 fully saturated rings. The minimum absolute atomic E-state index is 0.278. The lowest BCUT2D eigenvalue weighted by Crippen LogP contribution is -2.19. The van der Waals surface area contributed by atoms with Crippen LogP contribution in [0, 0.1) is 17.8 Å². The van der Waals surface area contributed by atoms with Crippen molar-refractivity contribution >= 4 is 5.78 Å². The van der Waals surface area contributed by atoms with Crippen molar-refractivity contribution in [1.29, 1.82) is 0 Å². The fourth-order valence-corrected chi connectivity index (χ4v) is 4.58. The quantitative estimate of drug-likeness (QED) is 0.412. The molecule has 0 spiro atoms. The molecule has 0 bridgehead atoms. The summed E-state index contributed by atoms with van der Waals surface area (Å²) >= 11 is 0. The third kappa shape index (κ3) is 6.21. The monoisotopic (exact) mass is 370 g/mol. The van der Waals surface area contributed by atoms with Crippen LogP contribution >= 0.6 is 0 Å². The summed E-state index contributed by atoms with van der Waals surface area (Å²) in [5, 5.41) is 0. The third-order valence-electron chi connectivity index (χ3n) is 6.24. The average molecular weight is 371 g/mol. The number of ether oxygens (including phenoxy) is 2. The molecule has 4 atom stereocenters. The van der Waals surface area contributed by atoms with E-state index in [9.17, 15) is 4.79 Å². The first-order valence-corrected chi connectivity index (χ1v) is 10.6. The zero-order chi connectivity index (χ0) is 19.1. The van der Waals surface area contributed by atoms with Crippen molar-refractivity contribution in [2.24, 2.45) is 17.8 Å². The van der Waals surface area contributed by atoms with E-state index in [0.717, 1.165) is 37.9 Å². The number of benzene rings is 1. The van der Waals surface area contributed by atoms with Gasteiger partial charge in [-0.25, -0.2) is 0 Å². The lowest BCUT2D eigenvalue weighted by atomic mass is 9.76. The van der Waals surface area contributed by atoms with Crippen LogP contribution in [-0.2, 0) is 16.1 Å². The smallest absolute Gasteiger partial charge is 0.133 e. The van der Waals surface area contributed by atoms with Crippen LogP contribution in [0.3, 0.4) is 0 Å². The molecule has 0 saturated heterocycles.